The van der Waals surface area contributed by atoms with Crippen molar-refractivity contribution in [2.75, 3.05) is 0 Å². The molecule has 0 aliphatic heterocycles. The summed E-state index contributed by atoms with van der Waals surface area (Å²) in [6, 6.07) is 2.97. The summed E-state index contributed by atoms with van der Waals surface area (Å²) in [5, 5.41) is 17.5. The molecule has 1 N–H and O–H groups in total. The van der Waals surface area contributed by atoms with Crippen molar-refractivity contribution in [3.05, 3.63) is 47.0 Å². The van der Waals surface area contributed by atoms with E-state index >= 15 is 0 Å². The van der Waals surface area contributed by atoms with Crippen molar-refractivity contribution in [2.45, 2.75) is 44.1 Å². The van der Waals surface area contributed by atoms with Crippen molar-refractivity contribution in [1.29, 1.82) is 0 Å². The molecule has 1 aliphatic rings. The van der Waals surface area contributed by atoms with Gasteiger partial charge in [0.25, 0.3) is 5.91 Å². The number of rotatable bonds is 4. The van der Waals surface area contributed by atoms with Crippen molar-refractivity contribution < 1.29 is 22.8 Å². The number of aromatic nitrogens is 3. The minimum Gasteiger partial charge on any atom is -0.619 e. The van der Waals surface area contributed by atoms with Gasteiger partial charge in [-0.1, -0.05) is 5.16 Å². The second-order valence-corrected chi connectivity index (χ2v) is 5.81. The Morgan fingerprint density at radius 1 is 1.46 bits per heavy atom. The number of hydrogen-bond acceptors (Lipinski definition) is 5. The van der Waals surface area contributed by atoms with E-state index in [0.717, 1.165) is 6.20 Å². The molecule has 128 valence electrons. The molecule has 0 aromatic carbocycles. The highest BCUT2D eigenvalue weighted by Gasteiger charge is 2.36. The van der Waals surface area contributed by atoms with Gasteiger partial charge in [-0.15, -0.1) is 0 Å². The fourth-order valence-corrected chi connectivity index (χ4v) is 2.65. The van der Waals surface area contributed by atoms with Gasteiger partial charge in [-0.25, -0.2) is 8.78 Å². The number of alkyl halides is 2. The van der Waals surface area contributed by atoms with E-state index in [9.17, 15) is 18.8 Å². The Balaban J connectivity index is 1.56. The van der Waals surface area contributed by atoms with Crippen LogP contribution in [0.4, 0.5) is 8.78 Å². The fourth-order valence-electron chi connectivity index (χ4n) is 2.65. The minimum absolute atomic E-state index is 0.00244. The maximum Gasteiger partial charge on any atom is 0.257 e. The first-order valence-corrected chi connectivity index (χ1v) is 7.60. The minimum atomic E-state index is -2.61. The van der Waals surface area contributed by atoms with E-state index in [4.69, 9.17) is 4.52 Å². The van der Waals surface area contributed by atoms with Gasteiger partial charge in [0.05, 0.1) is 6.54 Å². The van der Waals surface area contributed by atoms with Gasteiger partial charge in [0.1, 0.15) is 5.56 Å². The highest BCUT2D eigenvalue weighted by Crippen LogP contribution is 2.39. The number of halogens is 2. The number of nitrogens with zero attached hydrogens (tertiary/aromatic N) is 3. The van der Waals surface area contributed by atoms with Gasteiger partial charge >= 0.3 is 0 Å². The monoisotopic (exact) mass is 338 g/mol. The highest BCUT2D eigenvalue weighted by atomic mass is 19.3. The lowest BCUT2D eigenvalue weighted by Crippen LogP contribution is -2.29. The second kappa shape index (κ2) is 6.50. The largest absolute Gasteiger partial charge is 0.619 e. The number of carbonyl (C=O) groups excluding carboxylic acids is 1. The lowest BCUT2D eigenvalue weighted by molar-refractivity contribution is -0.605. The van der Waals surface area contributed by atoms with Crippen LogP contribution in [0.1, 0.15) is 53.7 Å². The van der Waals surface area contributed by atoms with Crippen LogP contribution in [0.3, 0.4) is 0 Å². The summed E-state index contributed by atoms with van der Waals surface area (Å²) in [6.07, 6.45) is 2.69. The zero-order chi connectivity index (χ0) is 17.2. The van der Waals surface area contributed by atoms with Crippen molar-refractivity contribution >= 4 is 5.91 Å². The van der Waals surface area contributed by atoms with Crippen molar-refractivity contribution in [3.63, 3.8) is 0 Å². The Labute approximate surface area is 136 Å². The van der Waals surface area contributed by atoms with E-state index < -0.39 is 11.8 Å². The standard InChI is InChI=1S/C15H16F2N4O3/c16-15(17)5-3-10(4-6-15)13-19-12(24-20-13)8-18-14(22)11-2-1-7-21(23)9-11/h1-2,7,9-10H,3-6,8H2,(H,18,22). The van der Waals surface area contributed by atoms with Crippen LogP contribution in [-0.2, 0) is 6.54 Å². The third kappa shape index (κ3) is 3.84. The summed E-state index contributed by atoms with van der Waals surface area (Å²) in [5.41, 5.74) is 0.210. The topological polar surface area (TPSA) is 95.0 Å². The second-order valence-electron chi connectivity index (χ2n) is 5.81. The van der Waals surface area contributed by atoms with E-state index in [1.807, 2.05) is 0 Å². The van der Waals surface area contributed by atoms with Crippen molar-refractivity contribution in [3.8, 4) is 0 Å². The number of hydrogen-bond donors (Lipinski definition) is 1. The zero-order valence-corrected chi connectivity index (χ0v) is 12.7. The number of carbonyl (C=O) groups is 1. The Morgan fingerprint density at radius 2 is 2.21 bits per heavy atom. The summed E-state index contributed by atoms with van der Waals surface area (Å²) >= 11 is 0. The van der Waals surface area contributed by atoms with E-state index in [-0.39, 0.29) is 36.8 Å². The van der Waals surface area contributed by atoms with Gasteiger partial charge in [0.2, 0.25) is 11.8 Å². The SMILES string of the molecule is O=C(NCc1nc(C2CCC(F)(F)CC2)no1)c1ccc[n+]([O-])c1. The number of pyridine rings is 1. The fraction of sp³-hybridized carbons (Fsp3) is 0.467. The molecule has 3 rings (SSSR count). The molecule has 0 unspecified atom stereocenters. The van der Waals surface area contributed by atoms with E-state index in [1.165, 1.54) is 18.3 Å². The molecule has 0 radical (unpaired) electrons. The van der Waals surface area contributed by atoms with Gasteiger partial charge in [-0.05, 0) is 18.9 Å². The first kappa shape index (κ1) is 16.3. The predicted octanol–water partition coefficient (Wildman–Crippen LogP) is 1.93. The van der Waals surface area contributed by atoms with Gasteiger partial charge < -0.3 is 15.0 Å². The Kier molecular flexibility index (Phi) is 4.41. The lowest BCUT2D eigenvalue weighted by atomic mass is 9.86. The summed E-state index contributed by atoms with van der Waals surface area (Å²) in [4.78, 5) is 16.1. The van der Waals surface area contributed by atoms with Crippen molar-refractivity contribution in [2.24, 2.45) is 0 Å². The molecule has 2 aromatic rings. The Bertz CT molecular complexity index is 725. The first-order chi connectivity index (χ1) is 11.4. The van der Waals surface area contributed by atoms with Crippen LogP contribution < -0.4 is 10.0 Å². The lowest BCUT2D eigenvalue weighted by Gasteiger charge is -2.26. The maximum absolute atomic E-state index is 13.2. The third-order valence-electron chi connectivity index (χ3n) is 4.00. The summed E-state index contributed by atoms with van der Waals surface area (Å²) < 4.78 is 31.9. The molecule has 0 bridgehead atoms. The summed E-state index contributed by atoms with van der Waals surface area (Å²) in [6.45, 7) is 0.00244. The Hall–Kier alpha value is -2.58. The van der Waals surface area contributed by atoms with Crippen molar-refractivity contribution in [1.82, 2.24) is 15.5 Å². The number of amides is 1. The average Bonchev–Trinajstić information content (AvgIpc) is 3.01. The molecular weight excluding hydrogens is 322 g/mol. The first-order valence-electron chi connectivity index (χ1n) is 7.60. The quantitative estimate of drug-likeness (QED) is 0.679. The van der Waals surface area contributed by atoms with Gasteiger partial charge in [-0.3, -0.25) is 4.79 Å². The molecule has 7 nitrogen and oxygen atoms in total. The molecule has 0 atom stereocenters. The van der Waals surface area contributed by atoms with Gasteiger partial charge in [-0.2, -0.15) is 9.71 Å². The molecular formula is C15H16F2N4O3. The van der Waals surface area contributed by atoms with Crippen LogP contribution in [-0.4, -0.2) is 22.0 Å². The molecule has 0 saturated heterocycles. The zero-order valence-electron chi connectivity index (χ0n) is 12.7. The van der Waals surface area contributed by atoms with Gasteiger partial charge in [0.15, 0.2) is 18.2 Å². The maximum atomic E-state index is 13.2. The normalized spacial score (nSPS) is 17.6. The molecule has 1 fully saturated rings. The van der Waals surface area contributed by atoms with Gasteiger partial charge in [0, 0.05) is 24.8 Å². The van der Waals surface area contributed by atoms with E-state index in [0.29, 0.717) is 23.4 Å². The smallest absolute Gasteiger partial charge is 0.257 e. The van der Waals surface area contributed by atoms with Crippen LogP contribution in [0, 0.1) is 5.21 Å². The number of nitrogens with one attached hydrogen (secondary N) is 1. The molecule has 1 aliphatic carbocycles. The molecule has 2 aromatic heterocycles. The summed E-state index contributed by atoms with van der Waals surface area (Å²) in [7, 11) is 0. The highest BCUT2D eigenvalue weighted by molar-refractivity contribution is 5.93. The predicted molar refractivity (Wildman–Crippen MR) is 77.0 cm³/mol. The molecule has 1 amide bonds. The van der Waals surface area contributed by atoms with E-state index in [1.54, 1.807) is 0 Å². The molecule has 0 spiro atoms. The molecule has 24 heavy (non-hydrogen) atoms. The van der Waals surface area contributed by atoms with E-state index in [2.05, 4.69) is 15.5 Å². The summed E-state index contributed by atoms with van der Waals surface area (Å²) in [5.74, 6) is -2.61. The molecule has 2 heterocycles. The average molecular weight is 338 g/mol. The third-order valence-corrected chi connectivity index (χ3v) is 4.00. The van der Waals surface area contributed by atoms with Crippen LogP contribution in [0.25, 0.3) is 0 Å². The molecule has 1 saturated carbocycles. The molecule has 9 heteroatoms. The van der Waals surface area contributed by atoms with Crippen LogP contribution >= 0.6 is 0 Å². The van der Waals surface area contributed by atoms with Crippen LogP contribution in [0.15, 0.2) is 29.0 Å². The van der Waals surface area contributed by atoms with Crippen LogP contribution in [0.5, 0.6) is 0 Å². The van der Waals surface area contributed by atoms with Crippen LogP contribution in [0.2, 0.25) is 0 Å². The Morgan fingerprint density at radius 3 is 2.92 bits per heavy atom.